The Bertz CT molecular complexity index is 945. The second-order valence-corrected chi connectivity index (χ2v) is 9.52. The third-order valence-electron chi connectivity index (χ3n) is 7.05. The lowest BCUT2D eigenvalue weighted by Crippen LogP contribution is -2.66. The number of ether oxygens (including phenoxy) is 1. The number of carbonyl (C=O) groups excluding carboxylic acids is 1. The normalized spacial score (nSPS) is 22.1. The maximum absolute atomic E-state index is 13.2. The van der Waals surface area contributed by atoms with Gasteiger partial charge in [-0.1, -0.05) is 62.4 Å². The van der Waals surface area contributed by atoms with Crippen molar-refractivity contribution in [1.29, 1.82) is 0 Å². The molecule has 0 spiro atoms. The number of benzene rings is 2. The van der Waals surface area contributed by atoms with Gasteiger partial charge < -0.3 is 9.84 Å². The van der Waals surface area contributed by atoms with Crippen molar-refractivity contribution in [1.82, 2.24) is 4.90 Å². The molecule has 0 bridgehead atoms. The highest BCUT2D eigenvalue weighted by molar-refractivity contribution is 5.86. The van der Waals surface area contributed by atoms with E-state index in [-0.39, 0.29) is 18.6 Å². The fourth-order valence-corrected chi connectivity index (χ4v) is 5.30. The zero-order valence-electron chi connectivity index (χ0n) is 18.7. The van der Waals surface area contributed by atoms with Gasteiger partial charge in [0.05, 0.1) is 0 Å². The minimum absolute atomic E-state index is 0.0454. The molecule has 0 atom stereocenters. The first-order valence-electron chi connectivity index (χ1n) is 11.1. The molecule has 4 rings (SSSR count). The Kier molecular flexibility index (Phi) is 5.54. The van der Waals surface area contributed by atoms with Crippen LogP contribution in [0.5, 0.6) is 0 Å². The molecule has 0 unspecified atom stereocenters. The van der Waals surface area contributed by atoms with Gasteiger partial charge in [-0.05, 0) is 60.8 Å². The van der Waals surface area contributed by atoms with E-state index in [9.17, 15) is 14.7 Å². The van der Waals surface area contributed by atoms with E-state index in [0.717, 1.165) is 11.1 Å². The average Bonchev–Trinajstić information content (AvgIpc) is 3.01. The third kappa shape index (κ3) is 3.50. The van der Waals surface area contributed by atoms with E-state index in [1.165, 1.54) is 16.0 Å². The van der Waals surface area contributed by atoms with Gasteiger partial charge in [-0.25, -0.2) is 9.59 Å². The number of hydrogen-bond donors (Lipinski definition) is 1. The lowest BCUT2D eigenvalue weighted by atomic mass is 9.63. The van der Waals surface area contributed by atoms with Crippen LogP contribution in [0.4, 0.5) is 4.79 Å². The summed E-state index contributed by atoms with van der Waals surface area (Å²) in [6, 6.07) is 16.1. The molecule has 2 aromatic rings. The van der Waals surface area contributed by atoms with Crippen molar-refractivity contribution in [2.24, 2.45) is 11.8 Å². The number of carboxylic acids is 1. The number of fused-ring (bicyclic) bond motifs is 3. The molecular formula is C26H31NO4. The molecule has 5 heteroatoms. The monoisotopic (exact) mass is 421 g/mol. The summed E-state index contributed by atoms with van der Waals surface area (Å²) in [6.07, 6.45) is 0.409. The van der Waals surface area contributed by atoms with E-state index < -0.39 is 17.6 Å². The summed E-state index contributed by atoms with van der Waals surface area (Å²) < 4.78 is 5.81. The van der Waals surface area contributed by atoms with Crippen LogP contribution in [0.15, 0.2) is 48.5 Å². The van der Waals surface area contributed by atoms with Gasteiger partial charge in [0.1, 0.15) is 12.1 Å². The molecule has 2 aromatic carbocycles. The van der Waals surface area contributed by atoms with Crippen molar-refractivity contribution in [3.8, 4) is 11.1 Å². The van der Waals surface area contributed by atoms with Crippen LogP contribution >= 0.6 is 0 Å². The molecule has 1 N–H and O–H groups in total. The van der Waals surface area contributed by atoms with Gasteiger partial charge in [-0.2, -0.15) is 0 Å². The van der Waals surface area contributed by atoms with E-state index in [1.54, 1.807) is 0 Å². The number of carboxylic acid groups (broad SMARTS) is 1. The first kappa shape index (κ1) is 21.4. The largest absolute Gasteiger partial charge is 0.479 e. The SMILES string of the molecule is CC(C)C1CC(C(=O)O)(N(C(=O)OCC2c3ccccc3-c3ccccc32)C(C)C)C1. The topological polar surface area (TPSA) is 66.8 Å². The van der Waals surface area contributed by atoms with Gasteiger partial charge in [-0.3, -0.25) is 4.90 Å². The predicted octanol–water partition coefficient (Wildman–Crippen LogP) is 5.54. The minimum Gasteiger partial charge on any atom is -0.479 e. The summed E-state index contributed by atoms with van der Waals surface area (Å²) in [5.74, 6) is -0.287. The van der Waals surface area contributed by atoms with E-state index in [1.807, 2.05) is 38.1 Å². The molecule has 2 aliphatic rings. The van der Waals surface area contributed by atoms with Crippen LogP contribution < -0.4 is 0 Å². The number of carbonyl (C=O) groups is 2. The quantitative estimate of drug-likeness (QED) is 0.665. The predicted molar refractivity (Wildman–Crippen MR) is 120 cm³/mol. The van der Waals surface area contributed by atoms with E-state index >= 15 is 0 Å². The standard InChI is InChI=1S/C26H31NO4/c1-16(2)18-13-26(14-18,24(28)29)27(17(3)4)25(30)31-15-23-21-11-7-5-9-19(21)20-10-6-8-12-22(20)23/h5-12,16-18,23H,13-15H2,1-4H3,(H,28,29). The van der Waals surface area contributed by atoms with Crippen molar-refractivity contribution >= 4 is 12.1 Å². The van der Waals surface area contributed by atoms with Crippen molar-refractivity contribution in [3.63, 3.8) is 0 Å². The number of aliphatic carboxylic acids is 1. The molecule has 5 nitrogen and oxygen atoms in total. The van der Waals surface area contributed by atoms with Gasteiger partial charge in [0, 0.05) is 12.0 Å². The maximum atomic E-state index is 13.2. The molecule has 0 radical (unpaired) electrons. The summed E-state index contributed by atoms with van der Waals surface area (Å²) in [7, 11) is 0. The Balaban J connectivity index is 1.55. The van der Waals surface area contributed by atoms with Crippen molar-refractivity contribution < 1.29 is 19.4 Å². The Morgan fingerprint density at radius 1 is 1.00 bits per heavy atom. The maximum Gasteiger partial charge on any atom is 0.410 e. The number of rotatable bonds is 6. The molecule has 2 aliphatic carbocycles. The molecule has 0 aliphatic heterocycles. The summed E-state index contributed by atoms with van der Waals surface area (Å²) >= 11 is 0. The Morgan fingerprint density at radius 3 is 1.97 bits per heavy atom. The van der Waals surface area contributed by atoms with Gasteiger partial charge in [0.25, 0.3) is 0 Å². The zero-order valence-corrected chi connectivity index (χ0v) is 18.7. The van der Waals surface area contributed by atoms with E-state index in [2.05, 4.69) is 38.1 Å². The minimum atomic E-state index is -1.17. The first-order chi connectivity index (χ1) is 14.8. The smallest absolute Gasteiger partial charge is 0.410 e. The zero-order chi connectivity index (χ0) is 22.3. The molecule has 0 heterocycles. The van der Waals surface area contributed by atoms with Gasteiger partial charge in [0.15, 0.2) is 0 Å². The lowest BCUT2D eigenvalue weighted by molar-refractivity contribution is -0.164. The fourth-order valence-electron chi connectivity index (χ4n) is 5.30. The molecule has 164 valence electrons. The highest BCUT2D eigenvalue weighted by Gasteiger charge is 2.58. The summed E-state index contributed by atoms with van der Waals surface area (Å²) in [5.41, 5.74) is 3.44. The molecule has 1 amide bonds. The lowest BCUT2D eigenvalue weighted by Gasteiger charge is -2.53. The van der Waals surface area contributed by atoms with Crippen LogP contribution in [0.2, 0.25) is 0 Å². The molecule has 0 aromatic heterocycles. The fraction of sp³-hybridized carbons (Fsp3) is 0.462. The highest BCUT2D eigenvalue weighted by atomic mass is 16.6. The second kappa shape index (κ2) is 8.03. The Morgan fingerprint density at radius 2 is 1.52 bits per heavy atom. The van der Waals surface area contributed by atoms with Gasteiger partial charge in [-0.15, -0.1) is 0 Å². The van der Waals surface area contributed by atoms with Crippen LogP contribution in [0, 0.1) is 11.8 Å². The van der Waals surface area contributed by atoms with Crippen LogP contribution in [0.1, 0.15) is 57.6 Å². The highest BCUT2D eigenvalue weighted by Crippen LogP contribution is 2.48. The average molecular weight is 422 g/mol. The number of amides is 1. The Hall–Kier alpha value is -2.82. The number of hydrogen-bond acceptors (Lipinski definition) is 3. The first-order valence-corrected chi connectivity index (χ1v) is 11.1. The molecule has 0 saturated heterocycles. The van der Waals surface area contributed by atoms with Gasteiger partial charge in [0.2, 0.25) is 0 Å². The van der Waals surface area contributed by atoms with E-state index in [4.69, 9.17) is 4.74 Å². The van der Waals surface area contributed by atoms with Gasteiger partial charge >= 0.3 is 12.1 Å². The number of nitrogens with zero attached hydrogens (tertiary/aromatic N) is 1. The summed E-state index contributed by atoms with van der Waals surface area (Å²) in [5, 5.41) is 10.0. The van der Waals surface area contributed by atoms with Crippen LogP contribution in [-0.4, -0.2) is 40.3 Å². The molecule has 1 fully saturated rings. The third-order valence-corrected chi connectivity index (χ3v) is 7.05. The van der Waals surface area contributed by atoms with Crippen LogP contribution in [0.25, 0.3) is 11.1 Å². The molecule has 31 heavy (non-hydrogen) atoms. The summed E-state index contributed by atoms with van der Waals surface area (Å²) in [6.45, 7) is 8.11. The molecular weight excluding hydrogens is 390 g/mol. The Labute approximate surface area is 184 Å². The summed E-state index contributed by atoms with van der Waals surface area (Å²) in [4.78, 5) is 26.9. The van der Waals surface area contributed by atoms with E-state index in [0.29, 0.717) is 24.7 Å². The van der Waals surface area contributed by atoms with Crippen molar-refractivity contribution in [2.45, 2.75) is 58.0 Å². The molecule has 1 saturated carbocycles. The van der Waals surface area contributed by atoms with Crippen LogP contribution in [-0.2, 0) is 9.53 Å². The van der Waals surface area contributed by atoms with Crippen molar-refractivity contribution in [3.05, 3.63) is 59.7 Å². The second-order valence-electron chi connectivity index (χ2n) is 9.52. The van der Waals surface area contributed by atoms with Crippen molar-refractivity contribution in [2.75, 3.05) is 6.61 Å². The van der Waals surface area contributed by atoms with Crippen LogP contribution in [0.3, 0.4) is 0 Å².